The molecular weight excluding hydrogens is 212 g/mol. The van der Waals surface area contributed by atoms with E-state index < -0.39 is 0 Å². The molecule has 2 rings (SSSR count). The molecule has 1 aliphatic heterocycles. The minimum atomic E-state index is -0.0687. The molecule has 0 fully saturated rings. The Kier molecular flexibility index (Phi) is 3.47. The number of hydrogen-bond acceptors (Lipinski definition) is 2. The van der Waals surface area contributed by atoms with E-state index in [0.29, 0.717) is 0 Å². The van der Waals surface area contributed by atoms with Gasteiger partial charge in [0, 0.05) is 24.0 Å². The minimum absolute atomic E-state index is 0.0687. The molecule has 1 heterocycles. The van der Waals surface area contributed by atoms with Crippen LogP contribution in [0.2, 0.25) is 0 Å². The lowest BCUT2D eigenvalue weighted by atomic mass is 10.0. The Bertz CT molecular complexity index is 459. The predicted molar refractivity (Wildman–Crippen MR) is 71.3 cm³/mol. The molecule has 2 N–H and O–H groups in total. The second kappa shape index (κ2) is 5.04. The number of rotatable bonds is 2. The van der Waals surface area contributed by atoms with Gasteiger partial charge in [-0.2, -0.15) is 0 Å². The third kappa shape index (κ3) is 3.09. The molecular formula is C14H18N2O. The molecule has 0 spiro atoms. The molecule has 3 heteroatoms. The molecule has 0 radical (unpaired) electrons. The van der Waals surface area contributed by atoms with Crippen molar-refractivity contribution in [3.8, 4) is 0 Å². The molecule has 1 aromatic rings. The number of nitrogens with one attached hydrogen (secondary N) is 2. The van der Waals surface area contributed by atoms with Crippen LogP contribution in [0.3, 0.4) is 0 Å². The molecule has 1 aromatic carbocycles. The summed E-state index contributed by atoms with van der Waals surface area (Å²) in [5.74, 6) is -0.0687. The van der Waals surface area contributed by atoms with Crippen LogP contribution >= 0.6 is 0 Å². The van der Waals surface area contributed by atoms with Crippen molar-refractivity contribution in [3.05, 3.63) is 35.4 Å². The van der Waals surface area contributed by atoms with E-state index in [-0.39, 0.29) is 5.91 Å². The lowest BCUT2D eigenvalue weighted by molar-refractivity contribution is -0.111. The van der Waals surface area contributed by atoms with Crippen LogP contribution < -0.4 is 10.6 Å². The molecule has 0 bridgehead atoms. The quantitative estimate of drug-likeness (QED) is 0.767. The van der Waals surface area contributed by atoms with Gasteiger partial charge >= 0.3 is 0 Å². The fourth-order valence-corrected chi connectivity index (χ4v) is 1.98. The number of hydrogen-bond donors (Lipinski definition) is 2. The van der Waals surface area contributed by atoms with Gasteiger partial charge in [0.1, 0.15) is 0 Å². The number of anilines is 2. The molecule has 0 aliphatic carbocycles. The monoisotopic (exact) mass is 230 g/mol. The van der Waals surface area contributed by atoms with Gasteiger partial charge in [-0.05, 0) is 44.4 Å². The summed E-state index contributed by atoms with van der Waals surface area (Å²) in [4.78, 5) is 11.6. The lowest BCUT2D eigenvalue weighted by Gasteiger charge is -2.18. The van der Waals surface area contributed by atoms with E-state index in [0.717, 1.165) is 29.9 Å². The Labute approximate surface area is 102 Å². The first-order chi connectivity index (χ1) is 8.15. The van der Waals surface area contributed by atoms with E-state index >= 15 is 0 Å². The number of amides is 1. The van der Waals surface area contributed by atoms with Gasteiger partial charge in [0.05, 0.1) is 0 Å². The van der Waals surface area contributed by atoms with Crippen LogP contribution in [0, 0.1) is 0 Å². The first kappa shape index (κ1) is 11.7. The van der Waals surface area contributed by atoms with E-state index in [1.54, 1.807) is 6.08 Å². The zero-order valence-corrected chi connectivity index (χ0v) is 10.3. The van der Waals surface area contributed by atoms with Crippen LogP contribution in [0.15, 0.2) is 29.8 Å². The molecule has 0 saturated carbocycles. The van der Waals surface area contributed by atoms with Crippen LogP contribution in [-0.4, -0.2) is 12.5 Å². The third-order valence-corrected chi connectivity index (χ3v) is 2.74. The number of aryl methyl sites for hydroxylation is 1. The van der Waals surface area contributed by atoms with E-state index in [1.807, 2.05) is 26.0 Å². The molecule has 0 aromatic heterocycles. The van der Waals surface area contributed by atoms with Gasteiger partial charge in [-0.25, -0.2) is 0 Å². The Morgan fingerprint density at radius 3 is 3.00 bits per heavy atom. The van der Waals surface area contributed by atoms with Gasteiger partial charge in [0.15, 0.2) is 0 Å². The molecule has 0 unspecified atom stereocenters. The smallest absolute Gasteiger partial charge is 0.248 e. The van der Waals surface area contributed by atoms with Crippen molar-refractivity contribution >= 4 is 17.3 Å². The summed E-state index contributed by atoms with van der Waals surface area (Å²) in [5, 5.41) is 6.22. The van der Waals surface area contributed by atoms with Crippen molar-refractivity contribution in [1.29, 1.82) is 0 Å². The Morgan fingerprint density at radius 1 is 1.41 bits per heavy atom. The number of carbonyl (C=O) groups excluding carboxylic acids is 1. The molecule has 3 nitrogen and oxygen atoms in total. The van der Waals surface area contributed by atoms with Crippen molar-refractivity contribution in [1.82, 2.24) is 0 Å². The normalized spacial score (nSPS) is 13.3. The standard InChI is InChI=1S/C14H18N2O/c1-10(2)8-14(17)16-12-6-5-11-4-3-7-15-13(11)9-12/h5-6,8-9,15H,3-4,7H2,1-2H3,(H,16,17). The summed E-state index contributed by atoms with van der Waals surface area (Å²) in [6, 6.07) is 6.05. The first-order valence-electron chi connectivity index (χ1n) is 5.98. The maximum Gasteiger partial charge on any atom is 0.248 e. The minimum Gasteiger partial charge on any atom is -0.385 e. The fourth-order valence-electron chi connectivity index (χ4n) is 1.98. The van der Waals surface area contributed by atoms with Gasteiger partial charge in [0.2, 0.25) is 5.91 Å². The highest BCUT2D eigenvalue weighted by Crippen LogP contribution is 2.25. The van der Waals surface area contributed by atoms with Gasteiger partial charge in [0.25, 0.3) is 0 Å². The lowest BCUT2D eigenvalue weighted by Crippen LogP contribution is -2.13. The third-order valence-electron chi connectivity index (χ3n) is 2.74. The Hall–Kier alpha value is -1.77. The van der Waals surface area contributed by atoms with Crippen LogP contribution in [0.25, 0.3) is 0 Å². The van der Waals surface area contributed by atoms with Crippen molar-refractivity contribution < 1.29 is 4.79 Å². The van der Waals surface area contributed by atoms with Crippen LogP contribution in [0.1, 0.15) is 25.8 Å². The second-order valence-electron chi connectivity index (χ2n) is 4.61. The number of allylic oxidation sites excluding steroid dienone is 1. The number of fused-ring (bicyclic) bond motifs is 1. The number of carbonyl (C=O) groups is 1. The topological polar surface area (TPSA) is 41.1 Å². The average molecular weight is 230 g/mol. The molecule has 90 valence electrons. The zero-order chi connectivity index (χ0) is 12.3. The zero-order valence-electron chi connectivity index (χ0n) is 10.3. The van der Waals surface area contributed by atoms with E-state index in [9.17, 15) is 4.79 Å². The van der Waals surface area contributed by atoms with Gasteiger partial charge < -0.3 is 10.6 Å². The highest BCUT2D eigenvalue weighted by molar-refractivity contribution is 6.00. The van der Waals surface area contributed by atoms with E-state index in [2.05, 4.69) is 16.7 Å². The van der Waals surface area contributed by atoms with Crippen LogP contribution in [-0.2, 0) is 11.2 Å². The SMILES string of the molecule is CC(C)=CC(=O)Nc1ccc2c(c1)NCCC2. The van der Waals surface area contributed by atoms with Gasteiger partial charge in [-0.1, -0.05) is 11.6 Å². The summed E-state index contributed by atoms with van der Waals surface area (Å²) in [6.45, 7) is 4.83. The van der Waals surface area contributed by atoms with Crippen molar-refractivity contribution in [3.63, 3.8) is 0 Å². The highest BCUT2D eigenvalue weighted by Gasteiger charge is 2.09. The van der Waals surface area contributed by atoms with Crippen LogP contribution in [0.4, 0.5) is 11.4 Å². The summed E-state index contributed by atoms with van der Waals surface area (Å²) in [5.41, 5.74) is 4.32. The van der Waals surface area contributed by atoms with Gasteiger partial charge in [-0.15, -0.1) is 0 Å². The highest BCUT2D eigenvalue weighted by atomic mass is 16.1. The largest absolute Gasteiger partial charge is 0.385 e. The second-order valence-corrected chi connectivity index (χ2v) is 4.61. The Morgan fingerprint density at radius 2 is 2.24 bits per heavy atom. The summed E-state index contributed by atoms with van der Waals surface area (Å²) < 4.78 is 0. The fraction of sp³-hybridized carbons (Fsp3) is 0.357. The van der Waals surface area contributed by atoms with Crippen molar-refractivity contribution in [2.45, 2.75) is 26.7 Å². The number of benzene rings is 1. The predicted octanol–water partition coefficient (Wildman–Crippen LogP) is 2.95. The maximum atomic E-state index is 11.6. The average Bonchev–Trinajstić information content (AvgIpc) is 2.27. The first-order valence-corrected chi connectivity index (χ1v) is 5.98. The van der Waals surface area contributed by atoms with Crippen LogP contribution in [0.5, 0.6) is 0 Å². The molecule has 1 aliphatic rings. The summed E-state index contributed by atoms with van der Waals surface area (Å²) in [6.07, 6.45) is 3.90. The van der Waals surface area contributed by atoms with Gasteiger partial charge in [-0.3, -0.25) is 4.79 Å². The molecule has 1 amide bonds. The summed E-state index contributed by atoms with van der Waals surface area (Å²) >= 11 is 0. The van der Waals surface area contributed by atoms with E-state index in [4.69, 9.17) is 0 Å². The molecule has 17 heavy (non-hydrogen) atoms. The summed E-state index contributed by atoms with van der Waals surface area (Å²) in [7, 11) is 0. The maximum absolute atomic E-state index is 11.6. The Balaban J connectivity index is 2.12. The van der Waals surface area contributed by atoms with Crippen molar-refractivity contribution in [2.24, 2.45) is 0 Å². The molecule has 0 saturated heterocycles. The van der Waals surface area contributed by atoms with E-state index in [1.165, 1.54) is 12.0 Å². The molecule has 0 atom stereocenters. The van der Waals surface area contributed by atoms with Crippen molar-refractivity contribution in [2.75, 3.05) is 17.2 Å².